The van der Waals surface area contributed by atoms with Crippen LogP contribution < -0.4 is 10.2 Å². The van der Waals surface area contributed by atoms with E-state index in [1.165, 1.54) is 12.3 Å². The van der Waals surface area contributed by atoms with Gasteiger partial charge in [0.05, 0.1) is 5.02 Å². The lowest BCUT2D eigenvalue weighted by Crippen LogP contribution is -2.54. The molecule has 2 unspecified atom stereocenters. The Kier molecular flexibility index (Phi) is 3.30. The topological polar surface area (TPSA) is 28.2 Å². The van der Waals surface area contributed by atoms with Crippen LogP contribution in [0.2, 0.25) is 5.02 Å². The van der Waals surface area contributed by atoms with Gasteiger partial charge in [0.1, 0.15) is 0 Å². The lowest BCUT2D eigenvalue weighted by Gasteiger charge is -2.36. The highest BCUT2D eigenvalue weighted by molar-refractivity contribution is 6.30. The van der Waals surface area contributed by atoms with Crippen molar-refractivity contribution in [3.63, 3.8) is 0 Å². The van der Waals surface area contributed by atoms with Crippen molar-refractivity contribution in [2.24, 2.45) is 0 Å². The molecule has 0 saturated carbocycles. The zero-order valence-corrected chi connectivity index (χ0v) is 10.1. The van der Waals surface area contributed by atoms with Crippen molar-refractivity contribution in [3.05, 3.63) is 23.1 Å². The van der Waals surface area contributed by atoms with Gasteiger partial charge in [-0.1, -0.05) is 11.6 Å². The molecule has 2 atom stereocenters. The smallest absolute Gasteiger partial charge is 0.167 e. The Hall–Kier alpha value is -0.870. The van der Waals surface area contributed by atoms with E-state index in [4.69, 9.17) is 11.6 Å². The fourth-order valence-corrected chi connectivity index (χ4v) is 2.28. The highest BCUT2D eigenvalue weighted by atomic mass is 35.5. The molecule has 0 radical (unpaired) electrons. The number of piperazine rings is 1. The molecule has 5 heteroatoms. The van der Waals surface area contributed by atoms with E-state index in [9.17, 15) is 4.39 Å². The van der Waals surface area contributed by atoms with Crippen LogP contribution in [0.4, 0.5) is 10.2 Å². The number of aromatic nitrogens is 1. The molecule has 88 valence electrons. The van der Waals surface area contributed by atoms with Crippen molar-refractivity contribution in [2.75, 3.05) is 18.0 Å². The van der Waals surface area contributed by atoms with Gasteiger partial charge in [-0.2, -0.15) is 0 Å². The van der Waals surface area contributed by atoms with E-state index in [0.29, 0.717) is 22.9 Å². The molecule has 0 aliphatic carbocycles. The van der Waals surface area contributed by atoms with Crippen LogP contribution >= 0.6 is 11.6 Å². The average molecular weight is 244 g/mol. The highest BCUT2D eigenvalue weighted by Gasteiger charge is 2.23. The lowest BCUT2D eigenvalue weighted by molar-refractivity contribution is 0.401. The normalized spacial score (nSPS) is 25.9. The second-order valence-electron chi connectivity index (χ2n) is 4.33. The second-order valence-corrected chi connectivity index (χ2v) is 4.77. The van der Waals surface area contributed by atoms with Crippen molar-refractivity contribution < 1.29 is 4.39 Å². The monoisotopic (exact) mass is 243 g/mol. The molecule has 2 rings (SSSR count). The van der Waals surface area contributed by atoms with E-state index < -0.39 is 0 Å². The first-order valence-corrected chi connectivity index (χ1v) is 5.76. The molecule has 2 heterocycles. The lowest BCUT2D eigenvalue weighted by atomic mass is 10.1. The minimum absolute atomic E-state index is 0.331. The number of pyridine rings is 1. The van der Waals surface area contributed by atoms with Crippen molar-refractivity contribution >= 4 is 17.4 Å². The largest absolute Gasteiger partial charge is 0.351 e. The van der Waals surface area contributed by atoms with E-state index >= 15 is 0 Å². The van der Waals surface area contributed by atoms with Gasteiger partial charge in [0.2, 0.25) is 0 Å². The summed E-state index contributed by atoms with van der Waals surface area (Å²) in [5, 5.41) is 3.72. The summed E-state index contributed by atoms with van der Waals surface area (Å²) in [5.41, 5.74) is 0. The Labute approximate surface area is 99.6 Å². The summed E-state index contributed by atoms with van der Waals surface area (Å²) in [6, 6.07) is 1.97. The van der Waals surface area contributed by atoms with Gasteiger partial charge in [0.25, 0.3) is 0 Å². The average Bonchev–Trinajstić information content (AvgIpc) is 2.15. The van der Waals surface area contributed by atoms with Crippen LogP contribution in [0.1, 0.15) is 13.8 Å². The number of rotatable bonds is 1. The first-order chi connectivity index (χ1) is 7.56. The van der Waals surface area contributed by atoms with Gasteiger partial charge >= 0.3 is 0 Å². The number of nitrogens with zero attached hydrogens (tertiary/aromatic N) is 2. The van der Waals surface area contributed by atoms with Gasteiger partial charge in [0, 0.05) is 31.4 Å². The Morgan fingerprint density at radius 2 is 2.06 bits per heavy atom. The van der Waals surface area contributed by atoms with Gasteiger partial charge in [0.15, 0.2) is 11.6 Å². The summed E-state index contributed by atoms with van der Waals surface area (Å²) in [6.45, 7) is 5.68. The quantitative estimate of drug-likeness (QED) is 0.819. The predicted octanol–water partition coefficient (Wildman–Crippen LogP) is 2.06. The maximum absolute atomic E-state index is 13.7. The molecule has 1 aromatic heterocycles. The van der Waals surface area contributed by atoms with Gasteiger partial charge < -0.3 is 10.2 Å². The standard InChI is InChI=1S/C11H15ClFN3/c1-7-5-16(6-8(2)15-7)11-10(13)3-9(12)4-14-11/h3-4,7-8,15H,5-6H2,1-2H3. The van der Waals surface area contributed by atoms with Crippen molar-refractivity contribution in [1.29, 1.82) is 0 Å². The Morgan fingerprint density at radius 1 is 1.44 bits per heavy atom. The first kappa shape index (κ1) is 11.6. The maximum atomic E-state index is 13.7. The van der Waals surface area contributed by atoms with Crippen LogP contribution in [0, 0.1) is 5.82 Å². The third kappa shape index (κ3) is 2.44. The third-order valence-corrected chi connectivity index (χ3v) is 2.85. The van der Waals surface area contributed by atoms with Crippen LogP contribution in [0.15, 0.2) is 12.3 Å². The summed E-state index contributed by atoms with van der Waals surface area (Å²) in [5.74, 6) is 0.0402. The van der Waals surface area contributed by atoms with E-state index in [-0.39, 0.29) is 5.82 Å². The van der Waals surface area contributed by atoms with Crippen LogP contribution in [0.3, 0.4) is 0 Å². The van der Waals surface area contributed by atoms with Gasteiger partial charge in [-0.15, -0.1) is 0 Å². The Bertz CT molecular complexity index is 375. The summed E-state index contributed by atoms with van der Waals surface area (Å²) < 4.78 is 13.7. The van der Waals surface area contributed by atoms with Crippen LogP contribution in [-0.2, 0) is 0 Å². The SMILES string of the molecule is CC1CN(c2ncc(Cl)cc2F)CC(C)N1. The minimum Gasteiger partial charge on any atom is -0.351 e. The number of anilines is 1. The summed E-state index contributed by atoms with van der Waals surface area (Å²) in [7, 11) is 0. The van der Waals surface area contributed by atoms with Crippen molar-refractivity contribution in [2.45, 2.75) is 25.9 Å². The molecule has 1 aliphatic heterocycles. The van der Waals surface area contributed by atoms with E-state index in [0.717, 1.165) is 13.1 Å². The van der Waals surface area contributed by atoms with E-state index in [2.05, 4.69) is 24.1 Å². The molecule has 16 heavy (non-hydrogen) atoms. The predicted molar refractivity (Wildman–Crippen MR) is 63.5 cm³/mol. The molecular weight excluding hydrogens is 229 g/mol. The molecular formula is C11H15ClFN3. The number of hydrogen-bond donors (Lipinski definition) is 1. The van der Waals surface area contributed by atoms with Gasteiger partial charge in [-0.25, -0.2) is 9.37 Å². The molecule has 1 fully saturated rings. The van der Waals surface area contributed by atoms with Crippen LogP contribution in [0.5, 0.6) is 0 Å². The molecule has 3 nitrogen and oxygen atoms in total. The molecule has 0 spiro atoms. The molecule has 1 saturated heterocycles. The number of hydrogen-bond acceptors (Lipinski definition) is 3. The third-order valence-electron chi connectivity index (χ3n) is 2.65. The molecule has 0 bridgehead atoms. The van der Waals surface area contributed by atoms with Crippen molar-refractivity contribution in [3.8, 4) is 0 Å². The Balaban J connectivity index is 2.23. The zero-order chi connectivity index (χ0) is 11.7. The van der Waals surface area contributed by atoms with Gasteiger partial charge in [-0.05, 0) is 19.9 Å². The zero-order valence-electron chi connectivity index (χ0n) is 9.37. The van der Waals surface area contributed by atoms with Crippen LogP contribution in [0.25, 0.3) is 0 Å². The number of nitrogens with one attached hydrogen (secondary N) is 1. The fraction of sp³-hybridized carbons (Fsp3) is 0.545. The van der Waals surface area contributed by atoms with E-state index in [1.54, 1.807) is 0 Å². The molecule has 1 aliphatic rings. The maximum Gasteiger partial charge on any atom is 0.167 e. The van der Waals surface area contributed by atoms with Crippen LogP contribution in [-0.4, -0.2) is 30.2 Å². The molecule has 1 N–H and O–H groups in total. The molecule has 0 amide bonds. The minimum atomic E-state index is -0.353. The first-order valence-electron chi connectivity index (χ1n) is 5.38. The van der Waals surface area contributed by atoms with E-state index in [1.807, 2.05) is 4.90 Å². The highest BCUT2D eigenvalue weighted by Crippen LogP contribution is 2.21. The Morgan fingerprint density at radius 3 is 2.62 bits per heavy atom. The summed E-state index contributed by atoms with van der Waals surface area (Å²) >= 11 is 5.68. The second kappa shape index (κ2) is 4.55. The fourth-order valence-electron chi connectivity index (χ4n) is 2.14. The molecule has 0 aromatic carbocycles. The molecule has 1 aromatic rings. The number of halogens is 2. The summed E-state index contributed by atoms with van der Waals surface area (Å²) in [6.07, 6.45) is 1.48. The summed E-state index contributed by atoms with van der Waals surface area (Å²) in [4.78, 5) is 6.02. The van der Waals surface area contributed by atoms with Crippen molar-refractivity contribution in [1.82, 2.24) is 10.3 Å². The van der Waals surface area contributed by atoms with Gasteiger partial charge in [-0.3, -0.25) is 0 Å².